The van der Waals surface area contributed by atoms with Crippen molar-refractivity contribution in [3.8, 4) is 10.6 Å². The predicted octanol–water partition coefficient (Wildman–Crippen LogP) is 2.26. The van der Waals surface area contributed by atoms with Crippen molar-refractivity contribution in [2.24, 2.45) is 0 Å². The highest BCUT2D eigenvalue weighted by atomic mass is 32.2. The van der Waals surface area contributed by atoms with Crippen LogP contribution in [0.25, 0.3) is 21.6 Å². The Balaban J connectivity index is 1.88. The van der Waals surface area contributed by atoms with E-state index in [1.54, 1.807) is 23.8 Å². The highest BCUT2D eigenvalue weighted by Gasteiger charge is 2.14. The lowest BCUT2D eigenvalue weighted by Crippen LogP contribution is -2.31. The molecule has 3 heterocycles. The molecule has 0 fully saturated rings. The summed E-state index contributed by atoms with van der Waals surface area (Å²) in [5.41, 5.74) is 1.79. The Hall–Kier alpha value is -1.99. The molecule has 3 aromatic heterocycles. The lowest BCUT2D eigenvalue weighted by Gasteiger charge is -2.09. The molecule has 23 heavy (non-hydrogen) atoms. The number of hydrogen-bond donors (Lipinski definition) is 1. The third-order valence-corrected chi connectivity index (χ3v) is 5.11. The lowest BCUT2D eigenvalue weighted by molar-refractivity contribution is -0.121. The Kier molecular flexibility index (Phi) is 4.88. The summed E-state index contributed by atoms with van der Waals surface area (Å²) in [5.74, 6) is 0.366. The molecular weight excluding hydrogens is 330 g/mol. The molecule has 3 rings (SSSR count). The van der Waals surface area contributed by atoms with Gasteiger partial charge in [-0.05, 0) is 29.6 Å². The van der Waals surface area contributed by atoms with E-state index in [1.807, 2.05) is 34.2 Å². The van der Waals surface area contributed by atoms with Crippen LogP contribution in [0, 0.1) is 0 Å². The SMILES string of the molecule is C[S@@](=O)CCNC(=O)Cn1c(-c2cccs2)cc2cccnc21. The van der Waals surface area contributed by atoms with Crippen LogP contribution in [0.5, 0.6) is 0 Å². The number of carbonyl (C=O) groups excluding carboxylic acids is 1. The van der Waals surface area contributed by atoms with Gasteiger partial charge in [0.15, 0.2) is 0 Å². The van der Waals surface area contributed by atoms with Crippen LogP contribution >= 0.6 is 11.3 Å². The first kappa shape index (κ1) is 15.9. The van der Waals surface area contributed by atoms with Crippen molar-refractivity contribution < 1.29 is 9.00 Å². The molecule has 1 N–H and O–H groups in total. The van der Waals surface area contributed by atoms with Gasteiger partial charge in [0.1, 0.15) is 12.2 Å². The first-order chi connectivity index (χ1) is 11.1. The van der Waals surface area contributed by atoms with Crippen molar-refractivity contribution in [3.63, 3.8) is 0 Å². The van der Waals surface area contributed by atoms with Crippen LogP contribution in [-0.2, 0) is 22.1 Å². The molecule has 0 aliphatic rings. The van der Waals surface area contributed by atoms with Crippen LogP contribution in [0.1, 0.15) is 0 Å². The minimum atomic E-state index is -0.904. The number of thiophene rings is 1. The second-order valence-electron chi connectivity index (χ2n) is 5.14. The maximum Gasteiger partial charge on any atom is 0.240 e. The summed E-state index contributed by atoms with van der Waals surface area (Å²) in [6.07, 6.45) is 3.36. The summed E-state index contributed by atoms with van der Waals surface area (Å²) < 4.78 is 13.0. The molecular formula is C16H17N3O2S2. The van der Waals surface area contributed by atoms with Crippen LogP contribution < -0.4 is 5.32 Å². The number of nitrogens with one attached hydrogen (secondary N) is 1. The van der Waals surface area contributed by atoms with Crippen molar-refractivity contribution in [1.82, 2.24) is 14.9 Å². The summed E-state index contributed by atoms with van der Waals surface area (Å²) in [7, 11) is -0.904. The Morgan fingerprint density at radius 1 is 1.39 bits per heavy atom. The van der Waals surface area contributed by atoms with Gasteiger partial charge >= 0.3 is 0 Å². The van der Waals surface area contributed by atoms with E-state index in [2.05, 4.69) is 16.4 Å². The first-order valence-electron chi connectivity index (χ1n) is 7.20. The Labute approximate surface area is 140 Å². The number of nitrogens with zero attached hydrogens (tertiary/aromatic N) is 2. The molecule has 0 bridgehead atoms. The molecule has 7 heteroatoms. The van der Waals surface area contributed by atoms with Gasteiger partial charge < -0.3 is 9.88 Å². The van der Waals surface area contributed by atoms with Gasteiger partial charge in [-0.3, -0.25) is 9.00 Å². The molecule has 0 aliphatic heterocycles. The third kappa shape index (κ3) is 3.68. The quantitative estimate of drug-likeness (QED) is 0.744. The van der Waals surface area contributed by atoms with E-state index >= 15 is 0 Å². The lowest BCUT2D eigenvalue weighted by atomic mass is 10.3. The first-order valence-corrected chi connectivity index (χ1v) is 9.80. The number of hydrogen-bond acceptors (Lipinski definition) is 4. The number of amides is 1. The summed E-state index contributed by atoms with van der Waals surface area (Å²) in [6.45, 7) is 0.618. The molecule has 0 spiro atoms. The largest absolute Gasteiger partial charge is 0.354 e. The van der Waals surface area contributed by atoms with Gasteiger partial charge in [0.25, 0.3) is 0 Å². The van der Waals surface area contributed by atoms with Gasteiger partial charge in [0.2, 0.25) is 5.91 Å². The fourth-order valence-electron chi connectivity index (χ4n) is 2.41. The number of pyridine rings is 1. The summed E-state index contributed by atoms with van der Waals surface area (Å²) in [4.78, 5) is 17.7. The van der Waals surface area contributed by atoms with Crippen molar-refractivity contribution in [1.29, 1.82) is 0 Å². The average molecular weight is 347 g/mol. The number of aromatic nitrogens is 2. The minimum Gasteiger partial charge on any atom is -0.354 e. The summed E-state index contributed by atoms with van der Waals surface area (Å²) >= 11 is 1.63. The number of carbonyl (C=O) groups is 1. The van der Waals surface area contributed by atoms with Crippen molar-refractivity contribution in [2.45, 2.75) is 6.54 Å². The van der Waals surface area contributed by atoms with Gasteiger partial charge in [-0.1, -0.05) is 6.07 Å². The molecule has 0 radical (unpaired) electrons. The average Bonchev–Trinajstić information content (AvgIpc) is 3.15. The van der Waals surface area contributed by atoms with E-state index in [-0.39, 0.29) is 12.5 Å². The van der Waals surface area contributed by atoms with E-state index in [4.69, 9.17) is 0 Å². The van der Waals surface area contributed by atoms with Gasteiger partial charge in [-0.15, -0.1) is 11.3 Å². The zero-order valence-corrected chi connectivity index (χ0v) is 14.3. The Bertz CT molecular complexity index is 840. The Morgan fingerprint density at radius 2 is 2.26 bits per heavy atom. The zero-order valence-electron chi connectivity index (χ0n) is 12.7. The normalized spacial score (nSPS) is 12.4. The minimum absolute atomic E-state index is 0.101. The van der Waals surface area contributed by atoms with Crippen LogP contribution in [0.2, 0.25) is 0 Å². The smallest absolute Gasteiger partial charge is 0.240 e. The molecule has 0 saturated heterocycles. The zero-order chi connectivity index (χ0) is 16.2. The number of rotatable bonds is 6. The molecule has 0 aliphatic carbocycles. The fourth-order valence-corrected chi connectivity index (χ4v) is 3.55. The molecule has 3 aromatic rings. The third-order valence-electron chi connectivity index (χ3n) is 3.44. The highest BCUT2D eigenvalue weighted by molar-refractivity contribution is 7.84. The highest BCUT2D eigenvalue weighted by Crippen LogP contribution is 2.30. The van der Waals surface area contributed by atoms with Crippen LogP contribution in [0.15, 0.2) is 41.9 Å². The van der Waals surface area contributed by atoms with Crippen LogP contribution in [0.3, 0.4) is 0 Å². The van der Waals surface area contributed by atoms with Gasteiger partial charge in [0, 0.05) is 40.9 Å². The summed E-state index contributed by atoms with van der Waals surface area (Å²) in [5, 5.41) is 5.84. The van der Waals surface area contributed by atoms with Crippen molar-refractivity contribution >= 4 is 39.1 Å². The molecule has 120 valence electrons. The number of fused-ring (bicyclic) bond motifs is 1. The Morgan fingerprint density at radius 3 is 3.00 bits per heavy atom. The molecule has 1 atom stereocenters. The second-order valence-corrected chi connectivity index (χ2v) is 7.64. The van der Waals surface area contributed by atoms with Crippen molar-refractivity contribution in [2.75, 3.05) is 18.6 Å². The van der Waals surface area contributed by atoms with E-state index in [0.29, 0.717) is 12.3 Å². The van der Waals surface area contributed by atoms with E-state index in [0.717, 1.165) is 21.6 Å². The van der Waals surface area contributed by atoms with E-state index < -0.39 is 10.8 Å². The van der Waals surface area contributed by atoms with Crippen LogP contribution in [-0.4, -0.2) is 38.2 Å². The summed E-state index contributed by atoms with van der Waals surface area (Å²) in [6, 6.07) is 9.97. The van der Waals surface area contributed by atoms with Crippen molar-refractivity contribution in [3.05, 3.63) is 41.9 Å². The molecule has 0 aromatic carbocycles. The molecule has 1 amide bonds. The van der Waals surface area contributed by atoms with Gasteiger partial charge in [0.05, 0.1) is 10.6 Å². The topological polar surface area (TPSA) is 64.0 Å². The molecule has 5 nitrogen and oxygen atoms in total. The maximum atomic E-state index is 12.2. The maximum absolute atomic E-state index is 12.2. The molecule has 0 unspecified atom stereocenters. The van der Waals surface area contributed by atoms with E-state index in [1.165, 1.54) is 0 Å². The monoisotopic (exact) mass is 347 g/mol. The standard InChI is InChI=1S/C16H17N3O2S2/c1-23(21)9-7-17-15(20)11-19-13(14-5-3-8-22-14)10-12-4-2-6-18-16(12)19/h2-6,8,10H,7,9,11H2,1H3,(H,17,20)/t23-/m1/s1. The predicted molar refractivity (Wildman–Crippen MR) is 95.0 cm³/mol. The second kappa shape index (κ2) is 7.06. The van der Waals surface area contributed by atoms with Gasteiger partial charge in [-0.25, -0.2) is 4.98 Å². The van der Waals surface area contributed by atoms with E-state index in [9.17, 15) is 9.00 Å². The molecule has 0 saturated carbocycles. The van der Waals surface area contributed by atoms with Crippen LogP contribution in [0.4, 0.5) is 0 Å². The van der Waals surface area contributed by atoms with Gasteiger partial charge in [-0.2, -0.15) is 0 Å². The fraction of sp³-hybridized carbons (Fsp3) is 0.250.